The van der Waals surface area contributed by atoms with Crippen LogP contribution >= 0.6 is 11.8 Å². The number of rotatable bonds is 8. The summed E-state index contributed by atoms with van der Waals surface area (Å²) in [4.78, 5) is 18.4. The first-order valence-corrected chi connectivity index (χ1v) is 10.6. The molecule has 0 unspecified atom stereocenters. The second kappa shape index (κ2) is 10.2. The molecular formula is C24H26N2O4S. The fourth-order valence-electron chi connectivity index (χ4n) is 3.04. The number of pyridine rings is 1. The molecule has 1 N–H and O–H groups in total. The summed E-state index contributed by atoms with van der Waals surface area (Å²) < 4.78 is 16.1. The van der Waals surface area contributed by atoms with Crippen molar-refractivity contribution in [2.75, 3.05) is 21.3 Å². The number of nitrogens with one attached hydrogen (secondary N) is 1. The predicted octanol–water partition coefficient (Wildman–Crippen LogP) is 4.81. The third kappa shape index (κ3) is 5.30. The first-order valence-electron chi connectivity index (χ1n) is 9.74. The Kier molecular flexibility index (Phi) is 7.41. The highest BCUT2D eigenvalue weighted by molar-refractivity contribution is 7.99. The van der Waals surface area contributed by atoms with Crippen molar-refractivity contribution in [3.8, 4) is 17.2 Å². The van der Waals surface area contributed by atoms with Crippen LogP contribution < -0.4 is 19.5 Å². The van der Waals surface area contributed by atoms with Gasteiger partial charge in [0.2, 0.25) is 0 Å². The van der Waals surface area contributed by atoms with Crippen molar-refractivity contribution in [1.29, 1.82) is 0 Å². The maximum Gasteiger partial charge on any atom is 0.254 e. The lowest BCUT2D eigenvalue weighted by molar-refractivity contribution is 0.0947. The third-order valence-corrected chi connectivity index (χ3v) is 5.94. The van der Waals surface area contributed by atoms with E-state index in [-0.39, 0.29) is 12.5 Å². The molecule has 31 heavy (non-hydrogen) atoms. The van der Waals surface area contributed by atoms with Gasteiger partial charge < -0.3 is 19.5 Å². The standard InChI is InChI=1S/C24H26N2O4S/c1-15-8-9-18(11-16(15)2)31-24-19(7-6-10-25-24)23(27)26-14-17-12-21(29-4)22(30-5)13-20(17)28-3/h6-13H,14H2,1-5H3,(H,26,27). The van der Waals surface area contributed by atoms with E-state index < -0.39 is 0 Å². The van der Waals surface area contributed by atoms with Crippen molar-refractivity contribution in [2.45, 2.75) is 30.3 Å². The zero-order valence-electron chi connectivity index (χ0n) is 18.3. The van der Waals surface area contributed by atoms with Crippen LogP contribution in [-0.4, -0.2) is 32.2 Å². The number of amides is 1. The second-order valence-electron chi connectivity index (χ2n) is 6.91. The highest BCUT2D eigenvalue weighted by Gasteiger charge is 2.16. The smallest absolute Gasteiger partial charge is 0.254 e. The molecule has 3 aromatic rings. The highest BCUT2D eigenvalue weighted by atomic mass is 32.2. The van der Waals surface area contributed by atoms with Gasteiger partial charge in [0.15, 0.2) is 11.5 Å². The summed E-state index contributed by atoms with van der Waals surface area (Å²) in [6, 6.07) is 13.3. The Morgan fingerprint density at radius 1 is 0.935 bits per heavy atom. The van der Waals surface area contributed by atoms with Crippen molar-refractivity contribution < 1.29 is 19.0 Å². The quantitative estimate of drug-likeness (QED) is 0.545. The SMILES string of the molecule is COc1cc(OC)c(OC)cc1CNC(=O)c1cccnc1Sc1ccc(C)c(C)c1. The summed E-state index contributed by atoms with van der Waals surface area (Å²) in [5.74, 6) is 1.53. The van der Waals surface area contributed by atoms with Gasteiger partial charge in [0.05, 0.1) is 26.9 Å². The van der Waals surface area contributed by atoms with E-state index in [2.05, 4.69) is 36.3 Å². The van der Waals surface area contributed by atoms with Crippen LogP contribution in [0.3, 0.4) is 0 Å². The van der Waals surface area contributed by atoms with Gasteiger partial charge in [-0.15, -0.1) is 0 Å². The molecular weight excluding hydrogens is 412 g/mol. The van der Waals surface area contributed by atoms with Crippen LogP contribution in [0.25, 0.3) is 0 Å². The van der Waals surface area contributed by atoms with E-state index in [9.17, 15) is 4.79 Å². The molecule has 162 valence electrons. The van der Waals surface area contributed by atoms with Crippen molar-refractivity contribution in [3.05, 3.63) is 70.9 Å². The van der Waals surface area contributed by atoms with Crippen LogP contribution in [0.2, 0.25) is 0 Å². The molecule has 0 atom stereocenters. The summed E-state index contributed by atoms with van der Waals surface area (Å²) in [5, 5.41) is 3.61. The van der Waals surface area contributed by atoms with Gasteiger partial charge in [-0.2, -0.15) is 0 Å². The average Bonchev–Trinajstić information content (AvgIpc) is 2.79. The summed E-state index contributed by atoms with van der Waals surface area (Å²) in [6.45, 7) is 4.42. The normalized spacial score (nSPS) is 10.5. The molecule has 1 heterocycles. The van der Waals surface area contributed by atoms with E-state index in [0.29, 0.717) is 27.8 Å². The molecule has 6 nitrogen and oxygen atoms in total. The highest BCUT2D eigenvalue weighted by Crippen LogP contribution is 2.35. The Morgan fingerprint density at radius 3 is 2.32 bits per heavy atom. The Bertz CT molecular complexity index is 1090. The fraction of sp³-hybridized carbons (Fsp3) is 0.250. The topological polar surface area (TPSA) is 69.7 Å². The third-order valence-electron chi connectivity index (χ3n) is 4.93. The van der Waals surface area contributed by atoms with Gasteiger partial charge in [-0.05, 0) is 55.3 Å². The lowest BCUT2D eigenvalue weighted by Crippen LogP contribution is -2.24. The number of aryl methyl sites for hydroxylation is 2. The number of ether oxygens (including phenoxy) is 3. The molecule has 3 rings (SSSR count). The minimum absolute atomic E-state index is 0.212. The monoisotopic (exact) mass is 438 g/mol. The Morgan fingerprint density at radius 2 is 1.65 bits per heavy atom. The van der Waals surface area contributed by atoms with Crippen LogP contribution in [0, 0.1) is 13.8 Å². The van der Waals surface area contributed by atoms with Gasteiger partial charge in [0.1, 0.15) is 10.8 Å². The van der Waals surface area contributed by atoms with Crippen molar-refractivity contribution >= 4 is 17.7 Å². The maximum absolute atomic E-state index is 13.0. The van der Waals surface area contributed by atoms with Gasteiger partial charge in [0, 0.05) is 29.3 Å². The number of benzene rings is 2. The number of methoxy groups -OCH3 is 3. The molecule has 0 spiro atoms. The van der Waals surface area contributed by atoms with Crippen LogP contribution in [0.15, 0.2) is 58.6 Å². The molecule has 0 fully saturated rings. The molecule has 7 heteroatoms. The summed E-state index contributed by atoms with van der Waals surface area (Å²) in [6.07, 6.45) is 1.69. The van der Waals surface area contributed by atoms with E-state index in [1.165, 1.54) is 22.9 Å². The van der Waals surface area contributed by atoms with Crippen molar-refractivity contribution in [2.24, 2.45) is 0 Å². The molecule has 2 aromatic carbocycles. The van der Waals surface area contributed by atoms with E-state index in [4.69, 9.17) is 14.2 Å². The molecule has 0 aliphatic carbocycles. The minimum Gasteiger partial charge on any atom is -0.496 e. The average molecular weight is 439 g/mol. The predicted molar refractivity (Wildman–Crippen MR) is 122 cm³/mol. The Labute approximate surface area is 186 Å². The number of carbonyl (C=O) groups excluding carboxylic acids is 1. The zero-order chi connectivity index (χ0) is 22.4. The molecule has 0 aliphatic heterocycles. The zero-order valence-corrected chi connectivity index (χ0v) is 19.1. The number of hydrogen-bond donors (Lipinski definition) is 1. The second-order valence-corrected chi connectivity index (χ2v) is 7.97. The minimum atomic E-state index is -0.212. The van der Waals surface area contributed by atoms with Gasteiger partial charge in [-0.1, -0.05) is 17.8 Å². The summed E-state index contributed by atoms with van der Waals surface area (Å²) >= 11 is 1.47. The van der Waals surface area contributed by atoms with Crippen molar-refractivity contribution in [3.63, 3.8) is 0 Å². The first-order chi connectivity index (χ1) is 15.0. The fourth-order valence-corrected chi connectivity index (χ4v) is 4.01. The first kappa shape index (κ1) is 22.5. The van der Waals surface area contributed by atoms with Crippen molar-refractivity contribution in [1.82, 2.24) is 10.3 Å². The van der Waals surface area contributed by atoms with Gasteiger partial charge >= 0.3 is 0 Å². The molecule has 0 saturated carbocycles. The Balaban J connectivity index is 1.79. The van der Waals surface area contributed by atoms with Crippen LogP contribution in [-0.2, 0) is 6.54 Å². The molecule has 0 saturated heterocycles. The van der Waals surface area contributed by atoms with E-state index >= 15 is 0 Å². The van der Waals surface area contributed by atoms with Crippen LogP contribution in [0.5, 0.6) is 17.2 Å². The molecule has 0 bridgehead atoms. The van der Waals surface area contributed by atoms with Gasteiger partial charge in [-0.3, -0.25) is 4.79 Å². The lowest BCUT2D eigenvalue weighted by atomic mass is 10.1. The van der Waals surface area contributed by atoms with Gasteiger partial charge in [0.25, 0.3) is 5.91 Å². The van der Waals surface area contributed by atoms with E-state index in [1.807, 2.05) is 6.07 Å². The van der Waals surface area contributed by atoms with Crippen LogP contribution in [0.4, 0.5) is 0 Å². The number of aromatic nitrogens is 1. The number of hydrogen-bond acceptors (Lipinski definition) is 6. The number of carbonyl (C=O) groups is 1. The Hall–Kier alpha value is -3.19. The molecule has 0 radical (unpaired) electrons. The maximum atomic E-state index is 13.0. The molecule has 1 amide bonds. The van der Waals surface area contributed by atoms with E-state index in [1.54, 1.807) is 51.8 Å². The lowest BCUT2D eigenvalue weighted by Gasteiger charge is -2.15. The van der Waals surface area contributed by atoms with Gasteiger partial charge in [-0.25, -0.2) is 4.98 Å². The molecule has 0 aliphatic rings. The summed E-state index contributed by atoms with van der Waals surface area (Å²) in [7, 11) is 4.71. The number of nitrogens with zero attached hydrogens (tertiary/aromatic N) is 1. The van der Waals surface area contributed by atoms with Crippen LogP contribution in [0.1, 0.15) is 27.0 Å². The summed E-state index contributed by atoms with van der Waals surface area (Å²) in [5.41, 5.74) is 3.73. The van der Waals surface area contributed by atoms with E-state index in [0.717, 1.165) is 10.5 Å². The molecule has 1 aromatic heterocycles. The largest absolute Gasteiger partial charge is 0.496 e.